The number of esters is 1. The van der Waals surface area contributed by atoms with Crippen molar-refractivity contribution in [3.63, 3.8) is 0 Å². The van der Waals surface area contributed by atoms with Crippen molar-refractivity contribution in [1.82, 2.24) is 0 Å². The number of carbonyl (C=O) groups is 1. The number of ether oxygens (including phenoxy) is 2. The molecule has 1 aromatic carbocycles. The van der Waals surface area contributed by atoms with Gasteiger partial charge in [-0.05, 0) is 18.4 Å². The summed E-state index contributed by atoms with van der Waals surface area (Å²) >= 11 is 0. The molecule has 1 aromatic rings. The summed E-state index contributed by atoms with van der Waals surface area (Å²) in [6.45, 7) is 0. The first-order valence-corrected chi connectivity index (χ1v) is 5.08. The van der Waals surface area contributed by atoms with Gasteiger partial charge in [0, 0.05) is 0 Å². The SMILES string of the molecule is COC(=O)[C@@H]1O[C@H]1CCc1ccccc1. The number of epoxide rings is 1. The van der Waals surface area contributed by atoms with E-state index in [4.69, 9.17) is 4.74 Å². The lowest BCUT2D eigenvalue weighted by Crippen LogP contribution is -2.11. The van der Waals surface area contributed by atoms with Gasteiger partial charge in [0.05, 0.1) is 13.2 Å². The van der Waals surface area contributed by atoms with Crippen LogP contribution in [0.4, 0.5) is 0 Å². The summed E-state index contributed by atoms with van der Waals surface area (Å²) in [5.41, 5.74) is 1.27. The van der Waals surface area contributed by atoms with Crippen molar-refractivity contribution in [2.24, 2.45) is 0 Å². The van der Waals surface area contributed by atoms with E-state index in [9.17, 15) is 4.79 Å². The van der Waals surface area contributed by atoms with E-state index in [-0.39, 0.29) is 18.2 Å². The van der Waals surface area contributed by atoms with E-state index < -0.39 is 0 Å². The lowest BCUT2D eigenvalue weighted by atomic mass is 10.1. The highest BCUT2D eigenvalue weighted by atomic mass is 16.6. The largest absolute Gasteiger partial charge is 0.467 e. The highest BCUT2D eigenvalue weighted by molar-refractivity contribution is 5.77. The number of methoxy groups -OCH3 is 1. The molecule has 15 heavy (non-hydrogen) atoms. The fourth-order valence-corrected chi connectivity index (χ4v) is 1.64. The summed E-state index contributed by atoms with van der Waals surface area (Å²) in [6.07, 6.45) is 1.55. The van der Waals surface area contributed by atoms with Crippen molar-refractivity contribution in [3.8, 4) is 0 Å². The molecule has 0 spiro atoms. The number of hydrogen-bond acceptors (Lipinski definition) is 3. The molecule has 1 aliphatic rings. The normalized spacial score (nSPS) is 23.5. The van der Waals surface area contributed by atoms with E-state index in [0.29, 0.717) is 0 Å². The van der Waals surface area contributed by atoms with Gasteiger partial charge in [0.2, 0.25) is 0 Å². The molecule has 0 radical (unpaired) electrons. The van der Waals surface area contributed by atoms with Crippen molar-refractivity contribution in [3.05, 3.63) is 35.9 Å². The number of aryl methyl sites for hydroxylation is 1. The molecule has 3 nitrogen and oxygen atoms in total. The van der Waals surface area contributed by atoms with Crippen LogP contribution in [0.3, 0.4) is 0 Å². The van der Waals surface area contributed by atoms with Crippen molar-refractivity contribution < 1.29 is 14.3 Å². The van der Waals surface area contributed by atoms with Crippen LogP contribution in [0.5, 0.6) is 0 Å². The summed E-state index contributed by atoms with van der Waals surface area (Å²) in [7, 11) is 1.39. The van der Waals surface area contributed by atoms with Gasteiger partial charge in [-0.1, -0.05) is 30.3 Å². The molecule has 80 valence electrons. The van der Waals surface area contributed by atoms with Crippen molar-refractivity contribution in [2.45, 2.75) is 25.0 Å². The second kappa shape index (κ2) is 4.45. The molecular formula is C12H14O3. The van der Waals surface area contributed by atoms with Gasteiger partial charge in [0.25, 0.3) is 0 Å². The Morgan fingerprint density at radius 3 is 2.80 bits per heavy atom. The summed E-state index contributed by atoms with van der Waals surface area (Å²) < 4.78 is 9.81. The molecular weight excluding hydrogens is 192 g/mol. The third-order valence-corrected chi connectivity index (χ3v) is 2.58. The number of rotatable bonds is 4. The molecule has 0 amide bonds. The molecule has 0 bridgehead atoms. The Morgan fingerprint density at radius 2 is 2.13 bits per heavy atom. The molecule has 1 aliphatic heterocycles. The molecule has 2 atom stereocenters. The average molecular weight is 206 g/mol. The predicted octanol–water partition coefficient (Wildman–Crippen LogP) is 1.56. The smallest absolute Gasteiger partial charge is 0.337 e. The quantitative estimate of drug-likeness (QED) is 0.554. The average Bonchev–Trinajstić information content (AvgIpc) is 3.06. The third-order valence-electron chi connectivity index (χ3n) is 2.58. The zero-order valence-corrected chi connectivity index (χ0v) is 8.68. The fraction of sp³-hybridized carbons (Fsp3) is 0.417. The second-order valence-corrected chi connectivity index (χ2v) is 3.64. The van der Waals surface area contributed by atoms with Gasteiger partial charge in [0.15, 0.2) is 6.10 Å². The standard InChI is InChI=1S/C12H14O3/c1-14-12(13)11-10(15-11)8-7-9-5-3-2-4-6-9/h2-6,10-11H,7-8H2,1H3/t10-,11+/m0/s1. The van der Waals surface area contributed by atoms with E-state index in [2.05, 4.69) is 16.9 Å². The van der Waals surface area contributed by atoms with Gasteiger partial charge in [-0.2, -0.15) is 0 Å². The molecule has 0 aliphatic carbocycles. The number of hydrogen-bond donors (Lipinski definition) is 0. The minimum Gasteiger partial charge on any atom is -0.467 e. The van der Waals surface area contributed by atoms with Gasteiger partial charge in [0.1, 0.15) is 0 Å². The highest BCUT2D eigenvalue weighted by Gasteiger charge is 2.45. The lowest BCUT2D eigenvalue weighted by molar-refractivity contribution is -0.142. The van der Waals surface area contributed by atoms with Crippen LogP contribution in [-0.2, 0) is 20.7 Å². The Morgan fingerprint density at radius 1 is 1.40 bits per heavy atom. The molecule has 0 aromatic heterocycles. The minimum atomic E-state index is -0.321. The molecule has 0 unspecified atom stereocenters. The monoisotopic (exact) mass is 206 g/mol. The first kappa shape index (κ1) is 10.2. The van der Waals surface area contributed by atoms with Crippen LogP contribution in [-0.4, -0.2) is 25.3 Å². The van der Waals surface area contributed by atoms with Crippen LogP contribution in [0.2, 0.25) is 0 Å². The van der Waals surface area contributed by atoms with Gasteiger partial charge in [-0.15, -0.1) is 0 Å². The maximum absolute atomic E-state index is 11.0. The van der Waals surface area contributed by atoms with Crippen molar-refractivity contribution in [2.75, 3.05) is 7.11 Å². The predicted molar refractivity (Wildman–Crippen MR) is 55.4 cm³/mol. The topological polar surface area (TPSA) is 38.8 Å². The van der Waals surface area contributed by atoms with E-state index in [0.717, 1.165) is 12.8 Å². The Balaban J connectivity index is 1.75. The second-order valence-electron chi connectivity index (χ2n) is 3.64. The van der Waals surface area contributed by atoms with Crippen LogP contribution < -0.4 is 0 Å². The number of carbonyl (C=O) groups excluding carboxylic acids is 1. The summed E-state index contributed by atoms with van der Waals surface area (Å²) in [4.78, 5) is 11.0. The third kappa shape index (κ3) is 2.57. The Labute approximate surface area is 89.0 Å². The molecule has 1 saturated heterocycles. The van der Waals surface area contributed by atoms with E-state index >= 15 is 0 Å². The van der Waals surface area contributed by atoms with Crippen LogP contribution in [0, 0.1) is 0 Å². The molecule has 1 heterocycles. The van der Waals surface area contributed by atoms with Crippen molar-refractivity contribution >= 4 is 5.97 Å². The molecule has 1 fully saturated rings. The Bertz CT molecular complexity index is 334. The first-order valence-electron chi connectivity index (χ1n) is 5.08. The van der Waals surface area contributed by atoms with Crippen LogP contribution in [0.25, 0.3) is 0 Å². The molecule has 2 rings (SSSR count). The lowest BCUT2D eigenvalue weighted by Gasteiger charge is -1.97. The molecule has 3 heteroatoms. The van der Waals surface area contributed by atoms with Gasteiger partial charge in [-0.25, -0.2) is 4.79 Å². The maximum atomic E-state index is 11.0. The zero-order chi connectivity index (χ0) is 10.7. The van der Waals surface area contributed by atoms with Gasteiger partial charge < -0.3 is 9.47 Å². The molecule has 0 saturated carbocycles. The Hall–Kier alpha value is -1.35. The summed E-state index contributed by atoms with van der Waals surface area (Å²) in [5.74, 6) is -0.256. The summed E-state index contributed by atoms with van der Waals surface area (Å²) in [5, 5.41) is 0. The van der Waals surface area contributed by atoms with Gasteiger partial charge in [-0.3, -0.25) is 0 Å². The highest BCUT2D eigenvalue weighted by Crippen LogP contribution is 2.27. The van der Waals surface area contributed by atoms with Crippen molar-refractivity contribution in [1.29, 1.82) is 0 Å². The first-order chi connectivity index (χ1) is 7.31. The van der Waals surface area contributed by atoms with E-state index in [1.165, 1.54) is 12.7 Å². The maximum Gasteiger partial charge on any atom is 0.337 e. The Kier molecular flexibility index (Phi) is 3.02. The van der Waals surface area contributed by atoms with E-state index in [1.807, 2.05) is 18.2 Å². The van der Waals surface area contributed by atoms with Gasteiger partial charge >= 0.3 is 5.97 Å². The van der Waals surface area contributed by atoms with Crippen LogP contribution in [0.15, 0.2) is 30.3 Å². The summed E-state index contributed by atoms with van der Waals surface area (Å²) in [6, 6.07) is 10.2. The number of benzene rings is 1. The molecule has 0 N–H and O–H groups in total. The fourth-order valence-electron chi connectivity index (χ4n) is 1.64. The zero-order valence-electron chi connectivity index (χ0n) is 8.68. The van der Waals surface area contributed by atoms with E-state index in [1.54, 1.807) is 0 Å². The van der Waals surface area contributed by atoms with Crippen LogP contribution >= 0.6 is 0 Å². The minimum absolute atomic E-state index is 0.0534. The van der Waals surface area contributed by atoms with Crippen LogP contribution in [0.1, 0.15) is 12.0 Å².